The summed E-state index contributed by atoms with van der Waals surface area (Å²) in [7, 11) is 1.63. The average molecular weight is 956 g/mol. The molecule has 0 saturated heterocycles. The van der Waals surface area contributed by atoms with Crippen LogP contribution in [-0.2, 0) is 52.2 Å². The quantitative estimate of drug-likeness (QED) is 0.0591. The van der Waals surface area contributed by atoms with E-state index in [2.05, 4.69) is 45.6 Å². The molecule has 1 atom stereocenters. The van der Waals surface area contributed by atoms with Crippen molar-refractivity contribution in [2.24, 2.45) is 10.1 Å². The van der Waals surface area contributed by atoms with E-state index in [1.165, 1.54) is 5.40 Å². The van der Waals surface area contributed by atoms with Crippen molar-refractivity contribution < 1.29 is 0 Å². The molecule has 0 aliphatic carbocycles. The van der Waals surface area contributed by atoms with Crippen molar-refractivity contribution in [1.29, 1.82) is 5.26 Å². The van der Waals surface area contributed by atoms with Crippen LogP contribution in [0.15, 0.2) is 22.2 Å². The van der Waals surface area contributed by atoms with Gasteiger partial charge in [0, 0.05) is 94.7 Å². The van der Waals surface area contributed by atoms with Gasteiger partial charge in [0.25, 0.3) is 0 Å². The first-order chi connectivity index (χ1) is 8.15. The first-order valence-corrected chi connectivity index (χ1v) is 5.74. The van der Waals surface area contributed by atoms with Gasteiger partial charge < -0.3 is 57.6 Å². The van der Waals surface area contributed by atoms with Crippen LogP contribution >= 0.6 is 0 Å². The number of nitrogens with zero attached hydrogens (tertiary/aromatic N) is 4. The molecular weight excluding hydrogens is 940 g/mol. The third-order valence-electron chi connectivity index (χ3n) is 1.97. The number of thiol groups is 2. The molecule has 1 heterocycles. The molecule has 0 spiro atoms. The van der Waals surface area contributed by atoms with Gasteiger partial charge in [-0.1, -0.05) is 17.5 Å². The van der Waals surface area contributed by atoms with E-state index in [4.69, 9.17) is 17.9 Å². The Morgan fingerprint density at radius 1 is 1.32 bits per heavy atom. The molecule has 0 amide bonds. The Labute approximate surface area is 218 Å². The summed E-state index contributed by atoms with van der Waals surface area (Å²) in [5.74, 6) is 0. The smallest absolute Gasteiger partial charge is 0.0276 e. The van der Waals surface area contributed by atoms with E-state index in [0.29, 0.717) is 5.17 Å². The van der Waals surface area contributed by atoms with Gasteiger partial charge >= 0.3 is 0 Å². The van der Waals surface area contributed by atoms with Crippen molar-refractivity contribution in [3.63, 3.8) is 0 Å². The maximum Gasteiger partial charge on any atom is 0.0276 e. The molecule has 0 bridgehead atoms. The molecule has 12 heteroatoms. The minimum atomic E-state index is 0. The summed E-state index contributed by atoms with van der Waals surface area (Å²) in [6.07, 6.45) is 5.11. The number of aliphatic imine (C=N–C) groups is 1. The van der Waals surface area contributed by atoms with Crippen LogP contribution in [0.25, 0.3) is 5.32 Å². The average Bonchev–Trinajstić information content (AvgIpc) is 2.37. The van der Waals surface area contributed by atoms with Gasteiger partial charge in [0.05, 0.1) is 0 Å². The molecule has 1 aliphatic rings. The molecule has 1 aliphatic heterocycles. The number of amidine groups is 1. The molecule has 1 unspecified atom stereocenters. The second-order valence-corrected chi connectivity index (χ2v) is 3.64. The first kappa shape index (κ1) is 39.3. The zero-order chi connectivity index (χ0) is 13.1. The summed E-state index contributed by atoms with van der Waals surface area (Å²) in [4.78, 5) is 3.77. The second kappa shape index (κ2) is 28.1. The molecule has 0 aromatic rings. The fraction of sp³-hybridized carbons (Fsp3) is 0.500. The zero-order valence-corrected chi connectivity index (χ0v) is 27.2. The normalized spacial score (nSPS) is 15.4. The molecule has 0 aromatic heterocycles. The summed E-state index contributed by atoms with van der Waals surface area (Å²) >= 11 is 8.54. The number of thiocyanates is 1. The number of rotatable bonds is 2. The van der Waals surface area contributed by atoms with Crippen LogP contribution in [0, 0.1) is 10.7 Å². The number of hydrazone groups is 1. The van der Waals surface area contributed by atoms with Gasteiger partial charge in [-0.15, -0.1) is 12.6 Å². The van der Waals surface area contributed by atoms with Gasteiger partial charge in [0.2, 0.25) is 0 Å². The minimum absolute atomic E-state index is 0. The van der Waals surface area contributed by atoms with Crippen LogP contribution in [0.3, 0.4) is 0 Å². The predicted molar refractivity (Wildman–Crippen MR) is 110 cm³/mol. The monoisotopic (exact) mass is 958 g/mol. The van der Waals surface area contributed by atoms with E-state index in [1.54, 1.807) is 7.05 Å². The Bertz CT molecular complexity index is 361. The maximum absolute atomic E-state index is 7.13. The van der Waals surface area contributed by atoms with Gasteiger partial charge in [-0.25, -0.2) is 5.26 Å². The van der Waals surface area contributed by atoms with E-state index < -0.39 is 0 Å². The van der Waals surface area contributed by atoms with Crippen molar-refractivity contribution in [3.05, 3.63) is 17.5 Å². The summed E-state index contributed by atoms with van der Waals surface area (Å²) in [5, 5.41) is 17.4. The van der Waals surface area contributed by atoms with Crippen molar-refractivity contribution in [1.82, 2.24) is 5.43 Å². The van der Waals surface area contributed by atoms with Crippen molar-refractivity contribution in [3.8, 4) is 5.40 Å². The molecule has 0 saturated carbocycles. The van der Waals surface area contributed by atoms with Crippen LogP contribution in [0.1, 0.15) is 13.3 Å². The van der Waals surface area contributed by atoms with Crippen LogP contribution in [0.5, 0.6) is 0 Å². The third kappa shape index (κ3) is 22.2. The van der Waals surface area contributed by atoms with Gasteiger partial charge in [0.15, 0.2) is 0 Å². The number of nitrogens with one attached hydrogen (secondary N) is 1. The van der Waals surface area contributed by atoms with E-state index in [9.17, 15) is 0 Å². The Balaban J connectivity index is -0.0000000742. The van der Waals surface area contributed by atoms with E-state index in [0.717, 1.165) is 18.7 Å². The SMILES string of the molecule is CN=C([S-])NN=C(C)C1CC=CC[N-]1.N#C[S-].[Pb].[Pb].[Pb].[SH-].[SH-]. The summed E-state index contributed by atoms with van der Waals surface area (Å²) in [6, 6.07) is 0.187. The van der Waals surface area contributed by atoms with Crippen LogP contribution in [0.4, 0.5) is 0 Å². The molecule has 5 nitrogen and oxygen atoms in total. The van der Waals surface area contributed by atoms with Crippen LogP contribution in [-0.4, -0.2) is 112 Å². The molecule has 0 aromatic carbocycles. The number of nitriles is 1. The Morgan fingerprint density at radius 2 is 1.82 bits per heavy atom. The van der Waals surface area contributed by atoms with E-state index >= 15 is 0 Å². The second-order valence-electron chi connectivity index (χ2n) is 3.07. The molecule has 0 fully saturated rings. The summed E-state index contributed by atoms with van der Waals surface area (Å²) in [6.45, 7) is 2.72. The molecule has 1 rings (SSSR count). The molecule has 1 N–H and O–H groups in total. The standard InChI is InChI=1S/C9H15N4S.CHNS.3Pb.2H2S/c1-7(12-13-9(14)10-2)8-5-3-4-6-11-8;2-1-3;;;;;/h3-4,8H,5-6H2,1-2H3,(H2,10,13,14);3H;;;;2*1H2/q-1;;;;;;/p-4. The van der Waals surface area contributed by atoms with Gasteiger partial charge in [0.1, 0.15) is 0 Å². The predicted octanol–water partition coefficient (Wildman–Crippen LogP) is -0.481. The largest absolute Gasteiger partial charge is 0.813 e. The number of hydrogen-bond acceptors (Lipinski definition) is 7. The van der Waals surface area contributed by atoms with Gasteiger partial charge in [-0.05, 0) is 18.5 Å². The molecular formula is C10H16N5Pb3S4-5. The molecule has 122 valence electrons. The van der Waals surface area contributed by atoms with Crippen LogP contribution in [0.2, 0.25) is 0 Å². The van der Waals surface area contributed by atoms with E-state index in [1.807, 2.05) is 6.92 Å². The Hall–Kier alpha value is 2.24. The zero-order valence-electron chi connectivity index (χ0n) is 12.1. The Kier molecular flexibility index (Phi) is 50.2. The van der Waals surface area contributed by atoms with E-state index in [-0.39, 0.29) is 115 Å². The third-order valence-corrected chi connectivity index (χ3v) is 2.24. The minimum Gasteiger partial charge on any atom is -0.813 e. The first-order valence-electron chi connectivity index (χ1n) is 4.92. The van der Waals surface area contributed by atoms with Crippen molar-refractivity contribution in [2.75, 3.05) is 13.6 Å². The topological polar surface area (TPSA) is 74.6 Å². The van der Waals surface area contributed by atoms with Gasteiger partial charge in [-0.2, -0.15) is 5.10 Å². The maximum atomic E-state index is 7.13. The fourth-order valence-corrected chi connectivity index (χ4v) is 1.17. The van der Waals surface area contributed by atoms with Crippen molar-refractivity contribution >= 4 is 145 Å². The van der Waals surface area contributed by atoms with Crippen molar-refractivity contribution in [2.45, 2.75) is 19.4 Å². The Morgan fingerprint density at radius 3 is 2.18 bits per heavy atom. The number of hydrogen-bond donors (Lipinski definition) is 1. The summed E-state index contributed by atoms with van der Waals surface area (Å²) in [5.41, 5.74) is 3.64. The van der Waals surface area contributed by atoms with Crippen LogP contribution < -0.4 is 5.43 Å². The fourth-order valence-electron chi connectivity index (χ4n) is 1.13. The summed E-state index contributed by atoms with van der Waals surface area (Å²) < 4.78 is 0. The van der Waals surface area contributed by atoms with Gasteiger partial charge in [-0.3, -0.25) is 10.4 Å². The molecule has 22 heavy (non-hydrogen) atoms. The molecule has 12 radical (unpaired) electrons.